The van der Waals surface area contributed by atoms with Gasteiger partial charge in [0.25, 0.3) is 0 Å². The number of aliphatic hydroxyl groups excluding tert-OH is 3. The SMILES string of the molecule is O=C(O)CCCOC[C@H](O)[C@H](O)C=CC=CC=CC=C[C@H](O)COc1ccc(F)cc1. The molecule has 170 valence electrons. The Morgan fingerprint density at radius 3 is 2.19 bits per heavy atom. The number of ether oxygens (including phenoxy) is 2. The van der Waals surface area contributed by atoms with Gasteiger partial charge < -0.3 is 29.9 Å². The van der Waals surface area contributed by atoms with Gasteiger partial charge >= 0.3 is 5.97 Å². The maximum Gasteiger partial charge on any atom is 0.303 e. The Bertz CT molecular complexity index is 741. The van der Waals surface area contributed by atoms with Crippen molar-refractivity contribution in [2.24, 2.45) is 0 Å². The highest BCUT2D eigenvalue weighted by Gasteiger charge is 2.12. The molecule has 0 aliphatic heterocycles. The third-order valence-electron chi connectivity index (χ3n) is 3.79. The fourth-order valence-electron chi connectivity index (χ4n) is 2.15. The molecule has 0 unspecified atom stereocenters. The van der Waals surface area contributed by atoms with E-state index in [4.69, 9.17) is 14.6 Å². The number of rotatable bonds is 15. The van der Waals surface area contributed by atoms with Gasteiger partial charge in [0.05, 0.1) is 6.61 Å². The first-order chi connectivity index (χ1) is 14.9. The molecular formula is C23H29FO7. The number of aliphatic carboxylic acids is 1. The first kappa shape index (κ1) is 26.3. The van der Waals surface area contributed by atoms with Gasteiger partial charge in [0.1, 0.15) is 36.5 Å². The molecule has 0 saturated heterocycles. The lowest BCUT2D eigenvalue weighted by atomic mass is 10.2. The molecule has 1 rings (SSSR count). The summed E-state index contributed by atoms with van der Waals surface area (Å²) < 4.78 is 23.2. The third-order valence-corrected chi connectivity index (χ3v) is 3.79. The zero-order chi connectivity index (χ0) is 22.9. The fraction of sp³-hybridized carbons (Fsp3) is 0.348. The van der Waals surface area contributed by atoms with E-state index >= 15 is 0 Å². The highest BCUT2D eigenvalue weighted by atomic mass is 19.1. The minimum Gasteiger partial charge on any atom is -0.491 e. The Hall–Kier alpha value is -2.78. The largest absolute Gasteiger partial charge is 0.491 e. The van der Waals surface area contributed by atoms with E-state index in [1.165, 1.54) is 30.3 Å². The molecule has 0 aliphatic carbocycles. The molecule has 3 atom stereocenters. The molecule has 0 aromatic heterocycles. The summed E-state index contributed by atoms with van der Waals surface area (Å²) in [4.78, 5) is 10.4. The Labute approximate surface area is 181 Å². The summed E-state index contributed by atoms with van der Waals surface area (Å²) in [5.74, 6) is -0.794. The Kier molecular flexibility index (Phi) is 13.5. The van der Waals surface area contributed by atoms with Gasteiger partial charge in [-0.2, -0.15) is 0 Å². The van der Waals surface area contributed by atoms with Crippen LogP contribution >= 0.6 is 0 Å². The molecule has 0 radical (unpaired) electrons. The molecule has 0 aliphatic rings. The van der Waals surface area contributed by atoms with Crippen LogP contribution in [-0.4, -0.2) is 64.5 Å². The number of benzene rings is 1. The van der Waals surface area contributed by atoms with Crippen molar-refractivity contribution in [1.29, 1.82) is 0 Å². The van der Waals surface area contributed by atoms with E-state index in [2.05, 4.69) is 0 Å². The third kappa shape index (κ3) is 14.0. The smallest absolute Gasteiger partial charge is 0.303 e. The minimum absolute atomic E-state index is 0.00517. The summed E-state index contributed by atoms with van der Waals surface area (Å²) in [6.45, 7) is 0.149. The van der Waals surface area contributed by atoms with Crippen molar-refractivity contribution in [1.82, 2.24) is 0 Å². The second-order valence-electron chi connectivity index (χ2n) is 6.50. The lowest BCUT2D eigenvalue weighted by Gasteiger charge is -2.14. The summed E-state index contributed by atoms with van der Waals surface area (Å²) in [5, 5.41) is 37.8. The Balaban J connectivity index is 2.19. The predicted molar refractivity (Wildman–Crippen MR) is 114 cm³/mol. The van der Waals surface area contributed by atoms with Crippen LogP contribution in [0.2, 0.25) is 0 Å². The fourth-order valence-corrected chi connectivity index (χ4v) is 2.15. The van der Waals surface area contributed by atoms with Gasteiger partial charge in [0.15, 0.2) is 0 Å². The Morgan fingerprint density at radius 1 is 0.935 bits per heavy atom. The van der Waals surface area contributed by atoms with Crippen molar-refractivity contribution in [3.05, 3.63) is 78.7 Å². The molecule has 1 aromatic carbocycles. The van der Waals surface area contributed by atoms with Gasteiger partial charge in [-0.05, 0) is 30.7 Å². The molecule has 0 spiro atoms. The molecule has 0 amide bonds. The predicted octanol–water partition coefficient (Wildman–Crippen LogP) is 2.39. The van der Waals surface area contributed by atoms with E-state index in [1.54, 1.807) is 42.5 Å². The first-order valence-corrected chi connectivity index (χ1v) is 9.79. The van der Waals surface area contributed by atoms with Crippen molar-refractivity contribution < 1.29 is 39.1 Å². The summed E-state index contributed by atoms with van der Waals surface area (Å²) in [5.41, 5.74) is 0. The van der Waals surface area contributed by atoms with Crippen molar-refractivity contribution in [3.8, 4) is 5.75 Å². The normalized spacial score (nSPS) is 15.2. The number of hydrogen-bond acceptors (Lipinski definition) is 6. The maximum absolute atomic E-state index is 12.8. The second-order valence-corrected chi connectivity index (χ2v) is 6.50. The maximum atomic E-state index is 12.8. The van der Waals surface area contributed by atoms with Crippen LogP contribution in [0.25, 0.3) is 0 Å². The molecule has 0 heterocycles. The number of carbonyl (C=O) groups is 1. The minimum atomic E-state index is -1.11. The highest BCUT2D eigenvalue weighted by molar-refractivity contribution is 5.66. The molecule has 8 heteroatoms. The summed E-state index contributed by atoms with van der Waals surface area (Å²) in [7, 11) is 0. The Morgan fingerprint density at radius 2 is 1.55 bits per heavy atom. The molecule has 0 fully saturated rings. The number of carboxylic acids is 1. The molecule has 4 N–H and O–H groups in total. The highest BCUT2D eigenvalue weighted by Crippen LogP contribution is 2.11. The summed E-state index contributed by atoms with van der Waals surface area (Å²) in [6, 6.07) is 5.52. The van der Waals surface area contributed by atoms with Crippen LogP contribution in [0.15, 0.2) is 72.9 Å². The van der Waals surface area contributed by atoms with Crippen LogP contribution in [0.1, 0.15) is 12.8 Å². The van der Waals surface area contributed by atoms with E-state index in [9.17, 15) is 24.5 Å². The van der Waals surface area contributed by atoms with Gasteiger partial charge in [-0.25, -0.2) is 4.39 Å². The van der Waals surface area contributed by atoms with E-state index < -0.39 is 24.3 Å². The van der Waals surface area contributed by atoms with Gasteiger partial charge in [0.2, 0.25) is 0 Å². The van der Waals surface area contributed by atoms with Gasteiger partial charge in [-0.1, -0.05) is 48.6 Å². The zero-order valence-corrected chi connectivity index (χ0v) is 17.1. The number of halogens is 1. The van der Waals surface area contributed by atoms with Crippen molar-refractivity contribution in [3.63, 3.8) is 0 Å². The summed E-state index contributed by atoms with van der Waals surface area (Å²) >= 11 is 0. The number of hydrogen-bond donors (Lipinski definition) is 4. The van der Waals surface area contributed by atoms with Crippen LogP contribution in [0, 0.1) is 5.82 Å². The number of aliphatic hydroxyl groups is 3. The number of carboxylic acid groups (broad SMARTS) is 1. The van der Waals surface area contributed by atoms with Crippen molar-refractivity contribution in [2.75, 3.05) is 19.8 Å². The van der Waals surface area contributed by atoms with Crippen LogP contribution in [0.5, 0.6) is 5.75 Å². The van der Waals surface area contributed by atoms with Crippen molar-refractivity contribution >= 4 is 5.97 Å². The lowest BCUT2D eigenvalue weighted by Crippen LogP contribution is -2.29. The molecule has 0 saturated carbocycles. The topological polar surface area (TPSA) is 116 Å². The molecule has 1 aromatic rings. The molecular weight excluding hydrogens is 407 g/mol. The second kappa shape index (κ2) is 16.0. The average molecular weight is 436 g/mol. The van der Waals surface area contributed by atoms with Crippen LogP contribution in [0.4, 0.5) is 4.39 Å². The quantitative estimate of drug-likeness (QED) is 0.246. The zero-order valence-electron chi connectivity index (χ0n) is 17.1. The molecule has 31 heavy (non-hydrogen) atoms. The van der Waals surface area contributed by atoms with E-state index in [1.807, 2.05) is 0 Å². The van der Waals surface area contributed by atoms with Gasteiger partial charge in [-0.15, -0.1) is 0 Å². The van der Waals surface area contributed by atoms with E-state index in [0.717, 1.165) is 0 Å². The summed E-state index contributed by atoms with van der Waals surface area (Å²) in [6.07, 6.45) is 10.2. The van der Waals surface area contributed by atoms with E-state index in [-0.39, 0.29) is 32.1 Å². The van der Waals surface area contributed by atoms with Gasteiger partial charge in [0, 0.05) is 13.0 Å². The van der Waals surface area contributed by atoms with Gasteiger partial charge in [-0.3, -0.25) is 4.79 Å². The monoisotopic (exact) mass is 436 g/mol. The van der Waals surface area contributed by atoms with Crippen molar-refractivity contribution in [2.45, 2.75) is 31.2 Å². The number of allylic oxidation sites excluding steroid dienone is 6. The standard InChI is InChI=1S/C23H29FO7/c24-18-11-13-20(14-12-18)31-16-19(25)8-5-3-1-2-4-6-9-21(26)22(27)17-30-15-7-10-23(28)29/h1-6,8-9,11-14,19,21-22,25-27H,7,10,15-17H2,(H,28,29)/t19-,21+,22-/m0/s1. The van der Waals surface area contributed by atoms with E-state index in [0.29, 0.717) is 12.2 Å². The first-order valence-electron chi connectivity index (χ1n) is 9.79. The lowest BCUT2D eigenvalue weighted by molar-refractivity contribution is -0.137. The molecule has 0 bridgehead atoms. The average Bonchev–Trinajstić information content (AvgIpc) is 2.74. The van der Waals surface area contributed by atoms with Crippen LogP contribution < -0.4 is 4.74 Å². The molecule has 7 nitrogen and oxygen atoms in total. The van der Waals surface area contributed by atoms with Crippen LogP contribution in [0.3, 0.4) is 0 Å². The van der Waals surface area contributed by atoms with Crippen LogP contribution in [-0.2, 0) is 9.53 Å².